The quantitative estimate of drug-likeness (QED) is 0.696. The molecule has 8 heteroatoms. The summed E-state index contributed by atoms with van der Waals surface area (Å²) in [5, 5.41) is 6.07. The van der Waals surface area contributed by atoms with Crippen molar-refractivity contribution in [3.8, 4) is 0 Å². The van der Waals surface area contributed by atoms with Crippen molar-refractivity contribution >= 4 is 40.9 Å². The molecule has 0 saturated heterocycles. The molecule has 0 spiro atoms. The van der Waals surface area contributed by atoms with Crippen molar-refractivity contribution in [1.29, 1.82) is 0 Å². The molecule has 1 rings (SSSR count). The summed E-state index contributed by atoms with van der Waals surface area (Å²) >= 11 is 11.8. The Labute approximate surface area is 120 Å². The third-order valence-corrected chi connectivity index (χ3v) is 2.67. The molecular weight excluding hydrogens is 293 g/mol. The Hall–Kier alpha value is -1.50. The Morgan fingerprint density at radius 3 is 2.47 bits per heavy atom. The normalized spacial score (nSPS) is 10.0. The monoisotopic (exact) mass is 305 g/mol. The van der Waals surface area contributed by atoms with Gasteiger partial charge in [-0.25, -0.2) is 4.79 Å². The maximum atomic E-state index is 11.6. The molecule has 0 aliphatic rings. The summed E-state index contributed by atoms with van der Waals surface area (Å²) < 4.78 is 4.48. The Morgan fingerprint density at radius 2 is 1.89 bits per heavy atom. The summed E-state index contributed by atoms with van der Waals surface area (Å²) in [6.07, 6.45) is -0.853. The number of ether oxygens (including phenoxy) is 1. The fraction of sp³-hybridized carbons (Fsp3) is 0.273. The highest BCUT2D eigenvalue weighted by Gasteiger charge is 2.08. The Bertz CT molecular complexity index is 448. The zero-order valence-corrected chi connectivity index (χ0v) is 11.4. The zero-order chi connectivity index (χ0) is 14.3. The lowest BCUT2D eigenvalue weighted by atomic mass is 10.3. The van der Waals surface area contributed by atoms with Crippen LogP contribution in [0.2, 0.25) is 10.0 Å². The predicted molar refractivity (Wildman–Crippen MR) is 73.5 cm³/mol. The maximum Gasteiger partial charge on any atom is 0.404 e. The molecular formula is C11H13Cl2N3O3. The fourth-order valence-corrected chi connectivity index (χ4v) is 1.72. The van der Waals surface area contributed by atoms with E-state index in [0.717, 1.165) is 0 Å². The molecule has 6 nitrogen and oxygen atoms in total. The number of anilines is 1. The van der Waals surface area contributed by atoms with E-state index in [1.165, 1.54) is 0 Å². The minimum absolute atomic E-state index is 0.0314. The summed E-state index contributed by atoms with van der Waals surface area (Å²) in [5.74, 6) is -0.311. The molecule has 0 saturated carbocycles. The average Bonchev–Trinajstić information content (AvgIpc) is 2.33. The third-order valence-electron chi connectivity index (χ3n) is 2.04. The van der Waals surface area contributed by atoms with Gasteiger partial charge in [0.25, 0.3) is 0 Å². The molecule has 0 atom stereocenters. The first kappa shape index (κ1) is 15.6. The van der Waals surface area contributed by atoms with E-state index in [4.69, 9.17) is 28.9 Å². The van der Waals surface area contributed by atoms with Crippen LogP contribution >= 0.6 is 23.2 Å². The second kappa shape index (κ2) is 7.83. The molecule has 19 heavy (non-hydrogen) atoms. The van der Waals surface area contributed by atoms with Crippen LogP contribution in [0.25, 0.3) is 0 Å². The summed E-state index contributed by atoms with van der Waals surface area (Å²) in [5.41, 5.74) is 5.14. The SMILES string of the molecule is NC(=O)OCCNCC(=O)Nc1c(Cl)cccc1Cl. The number of hydrogen-bond acceptors (Lipinski definition) is 4. The van der Waals surface area contributed by atoms with Crippen LogP contribution in [0, 0.1) is 0 Å². The van der Waals surface area contributed by atoms with Crippen molar-refractivity contribution < 1.29 is 14.3 Å². The van der Waals surface area contributed by atoms with Gasteiger partial charge in [-0.15, -0.1) is 0 Å². The minimum atomic E-state index is -0.853. The van der Waals surface area contributed by atoms with Gasteiger partial charge in [-0.1, -0.05) is 29.3 Å². The summed E-state index contributed by atoms with van der Waals surface area (Å²) in [6, 6.07) is 4.92. The van der Waals surface area contributed by atoms with Gasteiger partial charge in [-0.05, 0) is 12.1 Å². The van der Waals surface area contributed by atoms with Gasteiger partial charge in [-0.2, -0.15) is 0 Å². The van der Waals surface area contributed by atoms with Crippen molar-refractivity contribution in [3.05, 3.63) is 28.2 Å². The van der Waals surface area contributed by atoms with Crippen LogP contribution in [0.3, 0.4) is 0 Å². The fourth-order valence-electron chi connectivity index (χ4n) is 1.23. The number of carbonyl (C=O) groups is 2. The standard InChI is InChI=1S/C11H13Cl2N3O3/c12-7-2-1-3-8(13)10(7)16-9(17)6-15-4-5-19-11(14)18/h1-3,15H,4-6H2,(H2,14,18)(H,16,17). The molecule has 0 heterocycles. The highest BCUT2D eigenvalue weighted by Crippen LogP contribution is 2.29. The van der Waals surface area contributed by atoms with Crippen molar-refractivity contribution in [2.45, 2.75) is 0 Å². The van der Waals surface area contributed by atoms with Crippen LogP contribution in [0.5, 0.6) is 0 Å². The smallest absolute Gasteiger partial charge is 0.404 e. The Kier molecular flexibility index (Phi) is 6.41. The number of primary amides is 1. The van der Waals surface area contributed by atoms with Crippen molar-refractivity contribution in [3.63, 3.8) is 0 Å². The topological polar surface area (TPSA) is 93.5 Å². The number of benzene rings is 1. The van der Waals surface area contributed by atoms with Gasteiger partial charge in [-0.3, -0.25) is 4.79 Å². The molecule has 0 aliphatic heterocycles. The van der Waals surface area contributed by atoms with Gasteiger partial charge in [0, 0.05) is 6.54 Å². The Balaban J connectivity index is 2.33. The first-order valence-corrected chi connectivity index (χ1v) is 6.13. The molecule has 1 aromatic rings. The maximum absolute atomic E-state index is 11.6. The molecule has 0 aromatic heterocycles. The van der Waals surface area contributed by atoms with E-state index in [1.54, 1.807) is 18.2 Å². The first-order chi connectivity index (χ1) is 9.00. The molecule has 0 aliphatic carbocycles. The number of rotatable bonds is 6. The lowest BCUT2D eigenvalue weighted by Crippen LogP contribution is -2.31. The molecule has 0 bridgehead atoms. The Morgan fingerprint density at radius 1 is 1.26 bits per heavy atom. The third kappa shape index (κ3) is 5.78. The van der Waals surface area contributed by atoms with Gasteiger partial charge < -0.3 is 21.1 Å². The lowest BCUT2D eigenvalue weighted by Gasteiger charge is -2.09. The second-order valence-electron chi connectivity index (χ2n) is 3.49. The number of amides is 2. The number of carbonyl (C=O) groups excluding carboxylic acids is 2. The molecule has 1 aromatic carbocycles. The van der Waals surface area contributed by atoms with Gasteiger partial charge in [0.15, 0.2) is 0 Å². The van der Waals surface area contributed by atoms with Crippen LogP contribution in [-0.4, -0.2) is 31.7 Å². The number of para-hydroxylation sites is 1. The molecule has 2 amide bonds. The summed E-state index contributed by atoms with van der Waals surface area (Å²) in [7, 11) is 0. The predicted octanol–water partition coefficient (Wildman–Crippen LogP) is 1.62. The lowest BCUT2D eigenvalue weighted by molar-refractivity contribution is -0.115. The van der Waals surface area contributed by atoms with E-state index in [0.29, 0.717) is 22.3 Å². The van der Waals surface area contributed by atoms with Crippen LogP contribution < -0.4 is 16.4 Å². The van der Waals surface area contributed by atoms with Gasteiger partial charge in [0.05, 0.1) is 22.3 Å². The zero-order valence-electron chi connectivity index (χ0n) is 9.91. The van der Waals surface area contributed by atoms with E-state index in [9.17, 15) is 9.59 Å². The van der Waals surface area contributed by atoms with Crippen LogP contribution in [0.15, 0.2) is 18.2 Å². The highest BCUT2D eigenvalue weighted by molar-refractivity contribution is 6.39. The number of nitrogens with one attached hydrogen (secondary N) is 2. The van der Waals surface area contributed by atoms with E-state index >= 15 is 0 Å². The number of halogens is 2. The van der Waals surface area contributed by atoms with Crippen molar-refractivity contribution in [2.75, 3.05) is 25.0 Å². The van der Waals surface area contributed by atoms with Crippen LogP contribution in [0.1, 0.15) is 0 Å². The minimum Gasteiger partial charge on any atom is -0.448 e. The number of nitrogens with two attached hydrogens (primary N) is 1. The molecule has 0 unspecified atom stereocenters. The first-order valence-electron chi connectivity index (χ1n) is 5.37. The van der Waals surface area contributed by atoms with Gasteiger partial charge in [0.1, 0.15) is 6.61 Å². The van der Waals surface area contributed by atoms with Gasteiger partial charge >= 0.3 is 6.09 Å². The van der Waals surface area contributed by atoms with E-state index < -0.39 is 6.09 Å². The summed E-state index contributed by atoms with van der Waals surface area (Å²) in [6.45, 7) is 0.436. The van der Waals surface area contributed by atoms with Crippen molar-refractivity contribution in [1.82, 2.24) is 5.32 Å². The molecule has 0 radical (unpaired) electrons. The van der Waals surface area contributed by atoms with Gasteiger partial charge in [0.2, 0.25) is 5.91 Å². The van der Waals surface area contributed by atoms with E-state index in [2.05, 4.69) is 15.4 Å². The average molecular weight is 306 g/mol. The van der Waals surface area contributed by atoms with E-state index in [-0.39, 0.29) is 19.1 Å². The summed E-state index contributed by atoms with van der Waals surface area (Å²) in [4.78, 5) is 21.9. The molecule has 4 N–H and O–H groups in total. The second-order valence-corrected chi connectivity index (χ2v) is 4.30. The van der Waals surface area contributed by atoms with Crippen LogP contribution in [0.4, 0.5) is 10.5 Å². The molecule has 104 valence electrons. The van der Waals surface area contributed by atoms with Crippen molar-refractivity contribution in [2.24, 2.45) is 5.73 Å². The highest BCUT2D eigenvalue weighted by atomic mass is 35.5. The number of hydrogen-bond donors (Lipinski definition) is 3. The van der Waals surface area contributed by atoms with E-state index in [1.807, 2.05) is 0 Å². The molecule has 0 fully saturated rings. The largest absolute Gasteiger partial charge is 0.448 e. The van der Waals surface area contributed by atoms with Crippen LogP contribution in [-0.2, 0) is 9.53 Å².